The van der Waals surface area contributed by atoms with Crippen LogP contribution in [0, 0.1) is 34.5 Å². The summed E-state index contributed by atoms with van der Waals surface area (Å²) < 4.78 is 5.94. The molecule has 8 atom stereocenters. The van der Waals surface area contributed by atoms with Gasteiger partial charge in [0.1, 0.15) is 18.0 Å². The molecule has 0 aromatic heterocycles. The Hall–Kier alpha value is -1.43. The fourth-order valence-corrected chi connectivity index (χ4v) is 8.18. The largest absolute Gasteiger partial charge is 0.456 e. The van der Waals surface area contributed by atoms with E-state index in [0.29, 0.717) is 23.5 Å². The fraction of sp³-hybridized carbons (Fsp3) is 0.880. The van der Waals surface area contributed by atoms with Crippen LogP contribution in [0.3, 0.4) is 0 Å². The minimum Gasteiger partial charge on any atom is -0.456 e. The summed E-state index contributed by atoms with van der Waals surface area (Å²) in [6.07, 6.45) is 8.88. The van der Waals surface area contributed by atoms with Gasteiger partial charge in [-0.2, -0.15) is 0 Å². The first-order valence-electron chi connectivity index (χ1n) is 12.5. The summed E-state index contributed by atoms with van der Waals surface area (Å²) in [6.45, 7) is 7.98. The first kappa shape index (κ1) is 21.4. The van der Waals surface area contributed by atoms with Crippen molar-refractivity contribution in [3.05, 3.63) is 0 Å². The average Bonchev–Trinajstić information content (AvgIpc) is 3.35. The van der Waals surface area contributed by atoms with E-state index in [1.807, 2.05) is 0 Å². The quantitative estimate of drug-likeness (QED) is 0.543. The van der Waals surface area contributed by atoms with Crippen LogP contribution in [0.15, 0.2) is 5.16 Å². The van der Waals surface area contributed by atoms with Gasteiger partial charge < -0.3 is 14.9 Å². The Morgan fingerprint density at radius 3 is 2.61 bits per heavy atom. The number of hydrogen-bond acceptors (Lipinski definition) is 6. The van der Waals surface area contributed by atoms with Gasteiger partial charge in [0.25, 0.3) is 0 Å². The number of ether oxygens (including phenoxy) is 1. The third kappa shape index (κ3) is 3.44. The fourth-order valence-electron chi connectivity index (χ4n) is 8.18. The van der Waals surface area contributed by atoms with Gasteiger partial charge in [-0.25, -0.2) is 0 Å². The predicted octanol–water partition coefficient (Wildman–Crippen LogP) is 3.87. The van der Waals surface area contributed by atoms with E-state index in [0.717, 1.165) is 76.6 Å². The number of rotatable bonds is 3. The first-order valence-corrected chi connectivity index (χ1v) is 12.5. The topological polar surface area (TPSA) is 77.0 Å². The maximum absolute atomic E-state index is 12.7. The van der Waals surface area contributed by atoms with Crippen molar-refractivity contribution in [2.24, 2.45) is 39.7 Å². The number of esters is 1. The number of hydrogen-bond donors (Lipinski definition) is 1. The molecule has 0 radical (unpaired) electrons. The highest BCUT2D eigenvalue weighted by Gasteiger charge is 2.62. The highest BCUT2D eigenvalue weighted by molar-refractivity contribution is 5.91. The summed E-state index contributed by atoms with van der Waals surface area (Å²) in [5.41, 5.74) is 0.952. The summed E-state index contributed by atoms with van der Waals surface area (Å²) in [4.78, 5) is 30.6. The number of carbonyl (C=O) groups is 2. The van der Waals surface area contributed by atoms with Gasteiger partial charge in [0.05, 0.1) is 5.71 Å². The number of nitrogens with one attached hydrogen (secondary N) is 1. The second kappa shape index (κ2) is 7.86. The van der Waals surface area contributed by atoms with Gasteiger partial charge in [-0.05, 0) is 74.7 Å². The smallest absolute Gasteiger partial charge is 0.303 e. The molecule has 1 unspecified atom stereocenters. The zero-order chi connectivity index (χ0) is 21.8. The van der Waals surface area contributed by atoms with Crippen LogP contribution in [-0.4, -0.2) is 42.8 Å². The molecule has 0 aromatic rings. The van der Waals surface area contributed by atoms with Gasteiger partial charge in [0.15, 0.2) is 0 Å². The lowest BCUT2D eigenvalue weighted by Crippen LogP contribution is -2.58. The maximum Gasteiger partial charge on any atom is 0.303 e. The Labute approximate surface area is 185 Å². The summed E-state index contributed by atoms with van der Waals surface area (Å²) in [5.74, 6) is 2.33. The third-order valence-electron chi connectivity index (χ3n) is 9.89. The first-order chi connectivity index (χ1) is 14.8. The second-order valence-corrected chi connectivity index (χ2v) is 11.3. The molecular formula is C25H38N2O4. The van der Waals surface area contributed by atoms with Crippen molar-refractivity contribution < 1.29 is 19.2 Å². The second-order valence-electron chi connectivity index (χ2n) is 11.3. The molecule has 1 saturated heterocycles. The van der Waals surface area contributed by atoms with E-state index in [4.69, 9.17) is 9.57 Å². The number of carbonyl (C=O) groups excluding carboxylic acids is 2. The molecule has 4 aliphatic carbocycles. The molecule has 0 aromatic carbocycles. The Morgan fingerprint density at radius 1 is 1.03 bits per heavy atom. The Bertz CT molecular complexity index is 775. The van der Waals surface area contributed by atoms with Crippen LogP contribution in [0.4, 0.5) is 0 Å². The summed E-state index contributed by atoms with van der Waals surface area (Å²) in [5, 5.41) is 7.86. The van der Waals surface area contributed by atoms with Crippen LogP contribution in [0.5, 0.6) is 0 Å². The van der Waals surface area contributed by atoms with Crippen molar-refractivity contribution >= 4 is 17.5 Å². The molecule has 1 heterocycles. The zero-order valence-electron chi connectivity index (χ0n) is 19.3. The molecule has 1 aliphatic heterocycles. The summed E-state index contributed by atoms with van der Waals surface area (Å²) >= 11 is 0. The highest BCUT2D eigenvalue weighted by atomic mass is 16.6. The van der Waals surface area contributed by atoms with Gasteiger partial charge in [0.2, 0.25) is 0 Å². The molecule has 5 aliphatic rings. The SMILES string of the molecule is CC(=O)O[C@@H]1/C(=N/O[C@@H]2CCNC2)CC[C@@]2(C)C1CC[C@@H]1[C@@H]2CC[C@]2(C)C(=O)CC[C@@H]12. The molecule has 0 amide bonds. The number of ketones is 1. The Morgan fingerprint density at radius 2 is 1.87 bits per heavy atom. The van der Waals surface area contributed by atoms with E-state index in [-0.39, 0.29) is 34.9 Å². The molecule has 31 heavy (non-hydrogen) atoms. The van der Waals surface area contributed by atoms with Gasteiger partial charge >= 0.3 is 5.97 Å². The summed E-state index contributed by atoms with van der Waals surface area (Å²) in [7, 11) is 0. The molecule has 5 fully saturated rings. The van der Waals surface area contributed by atoms with Gasteiger partial charge in [-0.1, -0.05) is 19.0 Å². The standard InChI is InChI=1S/C25H38N2O4/c1-15(28)30-23-20-5-4-17-18-6-7-22(29)25(18,3)11-8-19(17)24(20,2)12-9-21(23)27-31-16-10-13-26-14-16/h16-20,23,26H,4-14H2,1-3H3/b27-21+/t16-,17+,18+,19+,20?,23+,24-,25+/m1/s1. The number of oxime groups is 1. The zero-order valence-corrected chi connectivity index (χ0v) is 19.3. The van der Waals surface area contributed by atoms with E-state index in [2.05, 4.69) is 24.3 Å². The third-order valence-corrected chi connectivity index (χ3v) is 9.89. The molecular weight excluding hydrogens is 392 g/mol. The lowest BCUT2D eigenvalue weighted by molar-refractivity contribution is -0.161. The van der Waals surface area contributed by atoms with Crippen molar-refractivity contribution in [1.82, 2.24) is 5.32 Å². The summed E-state index contributed by atoms with van der Waals surface area (Å²) in [6, 6.07) is 0. The molecule has 172 valence electrons. The van der Waals surface area contributed by atoms with Crippen LogP contribution in [-0.2, 0) is 19.2 Å². The van der Waals surface area contributed by atoms with Crippen LogP contribution in [0.1, 0.15) is 78.6 Å². The van der Waals surface area contributed by atoms with E-state index in [1.54, 1.807) is 0 Å². The maximum atomic E-state index is 12.7. The van der Waals surface area contributed by atoms with E-state index in [9.17, 15) is 9.59 Å². The minimum atomic E-state index is -0.273. The van der Waals surface area contributed by atoms with E-state index < -0.39 is 0 Å². The minimum absolute atomic E-state index is 0.0932. The van der Waals surface area contributed by atoms with Crippen molar-refractivity contribution in [2.75, 3.05) is 13.1 Å². The Kier molecular flexibility index (Phi) is 5.43. The molecule has 1 N–H and O–H groups in total. The van der Waals surface area contributed by atoms with Crippen LogP contribution in [0.2, 0.25) is 0 Å². The van der Waals surface area contributed by atoms with Crippen molar-refractivity contribution in [1.29, 1.82) is 0 Å². The van der Waals surface area contributed by atoms with Gasteiger partial charge in [-0.15, -0.1) is 0 Å². The normalized spacial score (nSPS) is 48.1. The van der Waals surface area contributed by atoms with Crippen LogP contribution in [0.25, 0.3) is 0 Å². The van der Waals surface area contributed by atoms with Crippen molar-refractivity contribution in [3.8, 4) is 0 Å². The van der Waals surface area contributed by atoms with E-state index >= 15 is 0 Å². The number of nitrogens with zero attached hydrogens (tertiary/aromatic N) is 1. The lowest BCUT2D eigenvalue weighted by atomic mass is 9.45. The number of Topliss-reactive ketones (excluding diaryl/α,β-unsaturated/α-hetero) is 1. The molecule has 4 saturated carbocycles. The average molecular weight is 431 g/mol. The van der Waals surface area contributed by atoms with E-state index in [1.165, 1.54) is 6.92 Å². The molecule has 6 nitrogen and oxygen atoms in total. The van der Waals surface area contributed by atoms with Gasteiger partial charge in [0, 0.05) is 37.6 Å². The van der Waals surface area contributed by atoms with Crippen LogP contribution < -0.4 is 5.32 Å². The number of fused-ring (bicyclic) bond motifs is 5. The molecule has 0 bridgehead atoms. The Balaban J connectivity index is 1.40. The molecule has 0 spiro atoms. The monoisotopic (exact) mass is 430 g/mol. The molecule has 6 heteroatoms. The molecule has 5 rings (SSSR count). The van der Waals surface area contributed by atoms with Crippen molar-refractivity contribution in [2.45, 2.75) is 90.8 Å². The predicted molar refractivity (Wildman–Crippen MR) is 117 cm³/mol. The van der Waals surface area contributed by atoms with Crippen LogP contribution >= 0.6 is 0 Å². The highest BCUT2D eigenvalue weighted by Crippen LogP contribution is 2.65. The van der Waals surface area contributed by atoms with Crippen molar-refractivity contribution in [3.63, 3.8) is 0 Å². The van der Waals surface area contributed by atoms with Gasteiger partial charge in [-0.3, -0.25) is 9.59 Å². The lowest BCUT2D eigenvalue weighted by Gasteiger charge is -2.60.